The SMILES string of the molecule is Cc1cc(OCC(=O)NN=Cc2cc([N+](=O)[O-])cc([N+](=O)[O-])c2O)cc(C)c1Cl. The monoisotopic (exact) mass is 422 g/mol. The second-order valence-electron chi connectivity index (χ2n) is 5.87. The quantitative estimate of drug-likeness (QED) is 0.394. The van der Waals surface area contributed by atoms with Crippen molar-refractivity contribution < 1.29 is 24.5 Å². The molecule has 0 radical (unpaired) electrons. The topological polar surface area (TPSA) is 157 Å². The summed E-state index contributed by atoms with van der Waals surface area (Å²) < 4.78 is 5.34. The predicted molar refractivity (Wildman–Crippen MR) is 104 cm³/mol. The summed E-state index contributed by atoms with van der Waals surface area (Å²) in [7, 11) is 0. The molecule has 0 saturated carbocycles. The van der Waals surface area contributed by atoms with Crippen molar-refractivity contribution in [2.24, 2.45) is 5.10 Å². The molecular formula is C17H15ClN4O7. The molecule has 0 aliphatic carbocycles. The average Bonchev–Trinajstić information content (AvgIpc) is 2.65. The fraction of sp³-hybridized carbons (Fsp3) is 0.176. The van der Waals surface area contributed by atoms with Crippen molar-refractivity contribution in [1.82, 2.24) is 5.43 Å². The van der Waals surface area contributed by atoms with E-state index in [0.29, 0.717) is 16.8 Å². The Morgan fingerprint density at radius 2 is 1.83 bits per heavy atom. The zero-order valence-electron chi connectivity index (χ0n) is 15.2. The fourth-order valence-electron chi connectivity index (χ4n) is 2.31. The van der Waals surface area contributed by atoms with Gasteiger partial charge in [-0.05, 0) is 37.1 Å². The van der Waals surface area contributed by atoms with E-state index in [4.69, 9.17) is 16.3 Å². The molecule has 2 N–H and O–H groups in total. The molecule has 29 heavy (non-hydrogen) atoms. The number of carbonyl (C=O) groups is 1. The number of non-ortho nitro benzene ring substituents is 1. The van der Waals surface area contributed by atoms with Gasteiger partial charge in [-0.1, -0.05) is 11.6 Å². The number of nitro groups is 2. The van der Waals surface area contributed by atoms with Crippen LogP contribution in [0.4, 0.5) is 11.4 Å². The van der Waals surface area contributed by atoms with Crippen molar-refractivity contribution in [2.75, 3.05) is 6.61 Å². The van der Waals surface area contributed by atoms with Crippen LogP contribution in [0.25, 0.3) is 0 Å². The van der Waals surface area contributed by atoms with Gasteiger partial charge in [0.25, 0.3) is 11.6 Å². The van der Waals surface area contributed by atoms with Crippen molar-refractivity contribution in [3.05, 3.63) is 66.2 Å². The van der Waals surface area contributed by atoms with Gasteiger partial charge in [0.2, 0.25) is 5.75 Å². The van der Waals surface area contributed by atoms with Gasteiger partial charge in [-0.2, -0.15) is 5.10 Å². The molecule has 0 atom stereocenters. The first-order valence-corrected chi connectivity index (χ1v) is 8.35. The highest BCUT2D eigenvalue weighted by atomic mass is 35.5. The first kappa shape index (κ1) is 21.6. The molecule has 0 bridgehead atoms. The number of halogens is 1. The van der Waals surface area contributed by atoms with Crippen molar-refractivity contribution >= 4 is 35.1 Å². The molecule has 0 fully saturated rings. The Hall–Kier alpha value is -3.73. The summed E-state index contributed by atoms with van der Waals surface area (Å²) in [5.41, 5.74) is 1.88. The van der Waals surface area contributed by atoms with Crippen LogP contribution in [0, 0.1) is 34.1 Å². The van der Waals surface area contributed by atoms with Gasteiger partial charge < -0.3 is 9.84 Å². The molecule has 152 valence electrons. The van der Waals surface area contributed by atoms with Crippen molar-refractivity contribution in [2.45, 2.75) is 13.8 Å². The van der Waals surface area contributed by atoms with E-state index >= 15 is 0 Å². The predicted octanol–water partition coefficient (Wildman–Crippen LogP) is 3.01. The smallest absolute Gasteiger partial charge is 0.318 e. The molecule has 0 spiro atoms. The second-order valence-corrected chi connectivity index (χ2v) is 6.25. The normalized spacial score (nSPS) is 10.7. The largest absolute Gasteiger partial charge is 0.502 e. The van der Waals surface area contributed by atoms with Crippen LogP contribution in [0.3, 0.4) is 0 Å². The highest BCUT2D eigenvalue weighted by Crippen LogP contribution is 2.33. The minimum atomic E-state index is -0.970. The number of nitrogens with zero attached hydrogens (tertiary/aromatic N) is 3. The molecule has 0 heterocycles. The van der Waals surface area contributed by atoms with Gasteiger partial charge in [-0.25, -0.2) is 5.43 Å². The van der Waals surface area contributed by atoms with Gasteiger partial charge in [-0.15, -0.1) is 0 Å². The standard InChI is InChI=1S/C17H15ClN4O7/c1-9-3-13(4-10(2)16(9)18)29-8-15(23)20-19-7-11-5-12(21(25)26)6-14(17(11)24)22(27)28/h3-7,24H,8H2,1-2H3,(H,20,23). The zero-order chi connectivity index (χ0) is 21.7. The number of aromatic hydroxyl groups is 1. The van der Waals surface area contributed by atoms with Gasteiger partial charge in [0.05, 0.1) is 27.7 Å². The lowest BCUT2D eigenvalue weighted by molar-refractivity contribution is -0.394. The maximum absolute atomic E-state index is 11.8. The molecule has 12 heteroatoms. The number of carbonyl (C=O) groups excluding carboxylic acids is 1. The highest BCUT2D eigenvalue weighted by molar-refractivity contribution is 6.32. The van der Waals surface area contributed by atoms with Crippen LogP contribution in [0.5, 0.6) is 11.5 Å². The Bertz CT molecular complexity index is 1000. The third-order valence-corrected chi connectivity index (χ3v) is 4.28. The number of phenols is 1. The summed E-state index contributed by atoms with van der Waals surface area (Å²) in [6.45, 7) is 3.19. The number of hydrogen-bond donors (Lipinski definition) is 2. The second kappa shape index (κ2) is 8.97. The Balaban J connectivity index is 2.06. The number of nitro benzene ring substituents is 2. The van der Waals surface area contributed by atoms with Crippen LogP contribution < -0.4 is 10.2 Å². The molecule has 0 aliphatic rings. The minimum Gasteiger partial charge on any atom is -0.502 e. The molecule has 0 aromatic heterocycles. The number of nitrogens with one attached hydrogen (secondary N) is 1. The maximum Gasteiger partial charge on any atom is 0.318 e. The Kier molecular flexibility index (Phi) is 6.67. The highest BCUT2D eigenvalue weighted by Gasteiger charge is 2.23. The van der Waals surface area contributed by atoms with Crippen LogP contribution in [-0.4, -0.2) is 33.7 Å². The van der Waals surface area contributed by atoms with E-state index in [1.54, 1.807) is 26.0 Å². The van der Waals surface area contributed by atoms with E-state index in [0.717, 1.165) is 23.4 Å². The summed E-state index contributed by atoms with van der Waals surface area (Å²) >= 11 is 6.05. The third kappa shape index (κ3) is 5.39. The summed E-state index contributed by atoms with van der Waals surface area (Å²) in [5, 5.41) is 35.8. The van der Waals surface area contributed by atoms with Crippen molar-refractivity contribution in [3.8, 4) is 11.5 Å². The summed E-state index contributed by atoms with van der Waals surface area (Å²) in [6.07, 6.45) is 0.851. The lowest BCUT2D eigenvalue weighted by atomic mass is 10.1. The van der Waals surface area contributed by atoms with Gasteiger partial charge in [0, 0.05) is 11.1 Å². The van der Waals surface area contributed by atoms with Crippen molar-refractivity contribution in [1.29, 1.82) is 0 Å². The average molecular weight is 423 g/mol. The van der Waals surface area contributed by atoms with E-state index in [9.17, 15) is 30.1 Å². The molecule has 2 aromatic rings. The van der Waals surface area contributed by atoms with Crippen LogP contribution in [0.15, 0.2) is 29.4 Å². The van der Waals surface area contributed by atoms with Gasteiger partial charge in [0.15, 0.2) is 6.61 Å². The Morgan fingerprint density at radius 1 is 1.21 bits per heavy atom. The first-order chi connectivity index (χ1) is 13.6. The van der Waals surface area contributed by atoms with Crippen LogP contribution in [0.1, 0.15) is 16.7 Å². The number of ether oxygens (including phenoxy) is 1. The molecule has 11 nitrogen and oxygen atoms in total. The number of hydrogen-bond acceptors (Lipinski definition) is 8. The molecule has 1 amide bonds. The maximum atomic E-state index is 11.8. The molecule has 2 rings (SSSR count). The first-order valence-electron chi connectivity index (χ1n) is 7.97. The molecular weight excluding hydrogens is 408 g/mol. The summed E-state index contributed by atoms with van der Waals surface area (Å²) in [6, 6.07) is 4.82. The van der Waals surface area contributed by atoms with Crippen LogP contribution >= 0.6 is 11.6 Å². The van der Waals surface area contributed by atoms with Gasteiger partial charge in [-0.3, -0.25) is 25.0 Å². The van der Waals surface area contributed by atoms with E-state index in [1.807, 2.05) is 0 Å². The fourth-order valence-corrected chi connectivity index (χ4v) is 2.42. The van der Waals surface area contributed by atoms with E-state index in [-0.39, 0.29) is 12.2 Å². The minimum absolute atomic E-state index is 0.309. The van der Waals surface area contributed by atoms with E-state index in [1.165, 1.54) is 0 Å². The molecule has 0 unspecified atom stereocenters. The Labute approximate surface area is 168 Å². The van der Waals surface area contributed by atoms with E-state index < -0.39 is 32.9 Å². The lowest BCUT2D eigenvalue weighted by Gasteiger charge is -2.09. The molecule has 2 aromatic carbocycles. The summed E-state index contributed by atoms with van der Waals surface area (Å²) in [4.78, 5) is 31.8. The molecule has 0 saturated heterocycles. The van der Waals surface area contributed by atoms with Crippen LogP contribution in [0.2, 0.25) is 5.02 Å². The lowest BCUT2D eigenvalue weighted by Crippen LogP contribution is -2.24. The molecule has 0 aliphatic heterocycles. The van der Waals surface area contributed by atoms with Gasteiger partial charge in [0.1, 0.15) is 5.75 Å². The number of amides is 1. The van der Waals surface area contributed by atoms with Gasteiger partial charge >= 0.3 is 5.69 Å². The summed E-state index contributed by atoms with van der Waals surface area (Å²) in [5.74, 6) is -1.05. The third-order valence-electron chi connectivity index (χ3n) is 3.68. The Morgan fingerprint density at radius 3 is 2.38 bits per heavy atom. The van der Waals surface area contributed by atoms with Crippen molar-refractivity contribution in [3.63, 3.8) is 0 Å². The van der Waals surface area contributed by atoms with Crippen LogP contribution in [-0.2, 0) is 4.79 Å². The van der Waals surface area contributed by atoms with E-state index in [2.05, 4.69) is 10.5 Å². The zero-order valence-corrected chi connectivity index (χ0v) is 16.0. The number of aryl methyl sites for hydroxylation is 2. The number of rotatable bonds is 7. The number of phenolic OH excluding ortho intramolecular Hbond substituents is 1. The number of benzene rings is 2. The number of hydrazone groups is 1.